The molecular formula is C15H15N3O2. The summed E-state index contributed by atoms with van der Waals surface area (Å²) in [5.41, 5.74) is 4.55. The molecule has 20 heavy (non-hydrogen) atoms. The molecule has 0 heterocycles. The number of carbonyl (C=O) groups excluding carboxylic acids is 2. The molecule has 0 unspecified atom stereocenters. The van der Waals surface area contributed by atoms with Gasteiger partial charge in [-0.05, 0) is 37.3 Å². The van der Waals surface area contributed by atoms with Crippen LogP contribution in [0.1, 0.15) is 26.3 Å². The van der Waals surface area contributed by atoms with E-state index in [0.29, 0.717) is 16.8 Å². The van der Waals surface area contributed by atoms with Crippen LogP contribution < -0.4 is 16.6 Å². The molecule has 102 valence electrons. The lowest BCUT2D eigenvalue weighted by Gasteiger charge is -2.07. The minimum Gasteiger partial charge on any atom is -0.322 e. The third-order valence-electron chi connectivity index (χ3n) is 2.79. The predicted molar refractivity (Wildman–Crippen MR) is 77.2 cm³/mol. The number of anilines is 1. The molecular weight excluding hydrogens is 254 g/mol. The number of amides is 2. The zero-order valence-electron chi connectivity index (χ0n) is 11.0. The van der Waals surface area contributed by atoms with Gasteiger partial charge >= 0.3 is 0 Å². The Morgan fingerprint density at radius 1 is 0.950 bits per heavy atom. The first-order chi connectivity index (χ1) is 9.60. The molecule has 0 spiro atoms. The van der Waals surface area contributed by atoms with E-state index in [1.165, 1.54) is 0 Å². The quantitative estimate of drug-likeness (QED) is 0.451. The standard InChI is InChI=1S/C15H15N3O2/c1-10-4-2-5-11(8-10)14(19)17-13-7-3-6-12(9-13)15(20)18-16/h2-9H,16H2,1H3,(H,17,19)(H,18,20). The van der Waals surface area contributed by atoms with E-state index >= 15 is 0 Å². The summed E-state index contributed by atoms with van der Waals surface area (Å²) >= 11 is 0. The highest BCUT2D eigenvalue weighted by Crippen LogP contribution is 2.13. The maximum atomic E-state index is 12.1. The van der Waals surface area contributed by atoms with Crippen molar-refractivity contribution in [1.29, 1.82) is 0 Å². The molecule has 0 aliphatic rings. The molecule has 5 heteroatoms. The Morgan fingerprint density at radius 3 is 2.25 bits per heavy atom. The number of rotatable bonds is 3. The van der Waals surface area contributed by atoms with Crippen LogP contribution in [0.4, 0.5) is 5.69 Å². The van der Waals surface area contributed by atoms with Crippen LogP contribution in [0.3, 0.4) is 0 Å². The van der Waals surface area contributed by atoms with Crippen molar-refractivity contribution in [1.82, 2.24) is 5.43 Å². The molecule has 2 aromatic carbocycles. The SMILES string of the molecule is Cc1cccc(C(=O)Nc2cccc(C(=O)NN)c2)c1. The first-order valence-electron chi connectivity index (χ1n) is 6.09. The van der Waals surface area contributed by atoms with Crippen LogP contribution >= 0.6 is 0 Å². The molecule has 4 N–H and O–H groups in total. The molecule has 0 fully saturated rings. The Labute approximate surface area is 116 Å². The fourth-order valence-electron chi connectivity index (χ4n) is 1.81. The molecule has 0 bridgehead atoms. The van der Waals surface area contributed by atoms with Crippen molar-refractivity contribution in [2.45, 2.75) is 6.92 Å². The van der Waals surface area contributed by atoms with E-state index in [2.05, 4.69) is 5.32 Å². The van der Waals surface area contributed by atoms with Crippen LogP contribution in [-0.2, 0) is 0 Å². The highest BCUT2D eigenvalue weighted by molar-refractivity contribution is 6.05. The summed E-state index contributed by atoms with van der Waals surface area (Å²) in [4.78, 5) is 23.5. The van der Waals surface area contributed by atoms with Gasteiger partial charge in [0.2, 0.25) is 0 Å². The van der Waals surface area contributed by atoms with Gasteiger partial charge in [-0.15, -0.1) is 0 Å². The number of hydrogen-bond acceptors (Lipinski definition) is 3. The summed E-state index contributed by atoms with van der Waals surface area (Å²) in [6.07, 6.45) is 0. The predicted octanol–water partition coefficient (Wildman–Crippen LogP) is 1.85. The van der Waals surface area contributed by atoms with E-state index in [-0.39, 0.29) is 5.91 Å². The molecule has 2 rings (SSSR count). The van der Waals surface area contributed by atoms with Crippen molar-refractivity contribution in [3.8, 4) is 0 Å². The van der Waals surface area contributed by atoms with Crippen LogP contribution in [-0.4, -0.2) is 11.8 Å². The topological polar surface area (TPSA) is 84.2 Å². The lowest BCUT2D eigenvalue weighted by molar-refractivity contribution is 0.0952. The fraction of sp³-hybridized carbons (Fsp3) is 0.0667. The van der Waals surface area contributed by atoms with E-state index in [1.807, 2.05) is 24.5 Å². The lowest BCUT2D eigenvalue weighted by Crippen LogP contribution is -2.30. The molecule has 5 nitrogen and oxygen atoms in total. The molecule has 2 amide bonds. The minimum absolute atomic E-state index is 0.223. The Kier molecular flexibility index (Phi) is 4.12. The zero-order chi connectivity index (χ0) is 14.5. The Morgan fingerprint density at radius 2 is 1.60 bits per heavy atom. The van der Waals surface area contributed by atoms with Gasteiger partial charge in [-0.25, -0.2) is 5.84 Å². The first kappa shape index (κ1) is 13.8. The van der Waals surface area contributed by atoms with Gasteiger partial charge in [-0.1, -0.05) is 23.8 Å². The van der Waals surface area contributed by atoms with E-state index < -0.39 is 5.91 Å². The highest BCUT2D eigenvalue weighted by atomic mass is 16.2. The number of nitrogens with one attached hydrogen (secondary N) is 2. The van der Waals surface area contributed by atoms with Gasteiger partial charge in [0.05, 0.1) is 0 Å². The summed E-state index contributed by atoms with van der Waals surface area (Å²) in [7, 11) is 0. The third kappa shape index (κ3) is 3.21. The van der Waals surface area contributed by atoms with Crippen molar-refractivity contribution < 1.29 is 9.59 Å². The number of carbonyl (C=O) groups is 2. The largest absolute Gasteiger partial charge is 0.322 e. The normalized spacial score (nSPS) is 9.90. The van der Waals surface area contributed by atoms with E-state index in [4.69, 9.17) is 5.84 Å². The zero-order valence-corrected chi connectivity index (χ0v) is 11.0. The molecule has 0 saturated carbocycles. The van der Waals surface area contributed by atoms with Gasteiger partial charge in [0, 0.05) is 16.8 Å². The van der Waals surface area contributed by atoms with E-state index in [1.54, 1.807) is 36.4 Å². The molecule has 0 aromatic heterocycles. The Hall–Kier alpha value is -2.66. The number of aryl methyl sites for hydroxylation is 1. The Bertz CT molecular complexity index is 653. The van der Waals surface area contributed by atoms with Gasteiger partial charge in [0.25, 0.3) is 11.8 Å². The second-order valence-corrected chi connectivity index (χ2v) is 4.38. The van der Waals surface area contributed by atoms with Crippen LogP contribution in [0.25, 0.3) is 0 Å². The second-order valence-electron chi connectivity index (χ2n) is 4.38. The number of hydrogen-bond donors (Lipinski definition) is 3. The molecule has 0 atom stereocenters. The average Bonchev–Trinajstić information content (AvgIpc) is 2.46. The summed E-state index contributed by atoms with van der Waals surface area (Å²) < 4.78 is 0. The van der Waals surface area contributed by atoms with Crippen molar-refractivity contribution in [2.75, 3.05) is 5.32 Å². The van der Waals surface area contributed by atoms with Crippen molar-refractivity contribution >= 4 is 17.5 Å². The number of nitrogen functional groups attached to an aromatic ring is 1. The van der Waals surface area contributed by atoms with Crippen LogP contribution in [0.2, 0.25) is 0 Å². The van der Waals surface area contributed by atoms with Crippen LogP contribution in [0.5, 0.6) is 0 Å². The lowest BCUT2D eigenvalue weighted by atomic mass is 10.1. The van der Waals surface area contributed by atoms with Gasteiger partial charge < -0.3 is 5.32 Å². The summed E-state index contributed by atoms with van der Waals surface area (Å²) in [6, 6.07) is 13.8. The third-order valence-corrected chi connectivity index (χ3v) is 2.79. The Balaban J connectivity index is 2.18. The van der Waals surface area contributed by atoms with E-state index in [0.717, 1.165) is 5.56 Å². The smallest absolute Gasteiger partial charge is 0.265 e. The minimum atomic E-state index is -0.406. The van der Waals surface area contributed by atoms with Gasteiger partial charge in [0.15, 0.2) is 0 Å². The maximum absolute atomic E-state index is 12.1. The number of nitrogens with two attached hydrogens (primary N) is 1. The molecule has 0 aliphatic heterocycles. The second kappa shape index (κ2) is 5.99. The molecule has 2 aromatic rings. The van der Waals surface area contributed by atoms with Crippen LogP contribution in [0, 0.1) is 6.92 Å². The maximum Gasteiger partial charge on any atom is 0.265 e. The van der Waals surface area contributed by atoms with Crippen molar-refractivity contribution in [2.24, 2.45) is 5.84 Å². The summed E-state index contributed by atoms with van der Waals surface area (Å²) in [6.45, 7) is 1.92. The van der Waals surface area contributed by atoms with Crippen molar-refractivity contribution in [3.05, 3.63) is 65.2 Å². The van der Waals surface area contributed by atoms with Crippen LogP contribution in [0.15, 0.2) is 48.5 Å². The van der Waals surface area contributed by atoms with Gasteiger partial charge in [-0.2, -0.15) is 0 Å². The van der Waals surface area contributed by atoms with Gasteiger partial charge in [-0.3, -0.25) is 15.0 Å². The molecule has 0 saturated heterocycles. The summed E-state index contributed by atoms with van der Waals surface area (Å²) in [5, 5.41) is 2.75. The van der Waals surface area contributed by atoms with Gasteiger partial charge in [0.1, 0.15) is 0 Å². The number of hydrazine groups is 1. The fourth-order valence-corrected chi connectivity index (χ4v) is 1.81. The molecule has 0 aliphatic carbocycles. The van der Waals surface area contributed by atoms with Crippen molar-refractivity contribution in [3.63, 3.8) is 0 Å². The summed E-state index contributed by atoms with van der Waals surface area (Å²) in [5.74, 6) is 4.45. The monoisotopic (exact) mass is 269 g/mol. The molecule has 0 radical (unpaired) electrons. The highest BCUT2D eigenvalue weighted by Gasteiger charge is 2.08. The number of benzene rings is 2. The average molecular weight is 269 g/mol. The first-order valence-corrected chi connectivity index (χ1v) is 6.09. The van der Waals surface area contributed by atoms with E-state index in [9.17, 15) is 9.59 Å².